The molecule has 0 spiro atoms. The third-order valence-electron chi connectivity index (χ3n) is 5.63. The predicted molar refractivity (Wildman–Crippen MR) is 114 cm³/mol. The Kier molecular flexibility index (Phi) is 6.20. The summed E-state index contributed by atoms with van der Waals surface area (Å²) in [6.45, 7) is 5.61. The van der Waals surface area contributed by atoms with Crippen LogP contribution in [0.25, 0.3) is 5.69 Å². The molecule has 6 nitrogen and oxygen atoms in total. The summed E-state index contributed by atoms with van der Waals surface area (Å²) in [6.07, 6.45) is -7.05. The highest BCUT2D eigenvalue weighted by Gasteiger charge is 2.43. The zero-order chi connectivity index (χ0) is 23.9. The number of fused-ring (bicyclic) bond motifs is 3. The fourth-order valence-electron chi connectivity index (χ4n) is 3.97. The van der Waals surface area contributed by atoms with Gasteiger partial charge in [-0.3, -0.25) is 9.36 Å². The summed E-state index contributed by atoms with van der Waals surface area (Å²) in [5.41, 5.74) is 3.25. The summed E-state index contributed by atoms with van der Waals surface area (Å²) in [7, 11) is 0. The standard InChI is InChI=1S/C23H21ClF3N3O3/c1-4-32-19(31)11-18-21-28-29-22(23(25,26)27)30(21)17-9-8-14(24)10-16(17)20(33-18)15-7-5-6-12(2)13(15)3/h5-10,18,20H,4,11H2,1-3H3/t18-,20-/m0/s1. The zero-order valence-electron chi connectivity index (χ0n) is 18.1. The Bertz CT molecular complexity index is 1210. The van der Waals surface area contributed by atoms with Crippen LogP contribution in [-0.2, 0) is 20.4 Å². The van der Waals surface area contributed by atoms with Gasteiger partial charge in [0, 0.05) is 10.6 Å². The van der Waals surface area contributed by atoms with E-state index in [1.165, 1.54) is 12.1 Å². The van der Waals surface area contributed by atoms with Crippen molar-refractivity contribution < 1.29 is 27.4 Å². The van der Waals surface area contributed by atoms with Gasteiger partial charge in [0.05, 0.1) is 18.7 Å². The van der Waals surface area contributed by atoms with Gasteiger partial charge in [0.25, 0.3) is 0 Å². The summed E-state index contributed by atoms with van der Waals surface area (Å²) < 4.78 is 53.9. The van der Waals surface area contributed by atoms with Crippen molar-refractivity contribution in [3.63, 3.8) is 0 Å². The number of carbonyl (C=O) groups excluding carboxylic acids is 1. The lowest BCUT2D eigenvalue weighted by Crippen LogP contribution is -2.18. The maximum absolute atomic E-state index is 13.9. The van der Waals surface area contributed by atoms with Gasteiger partial charge in [-0.1, -0.05) is 29.8 Å². The number of hydrogen-bond donors (Lipinski definition) is 0. The molecule has 0 saturated heterocycles. The number of nitrogens with zero attached hydrogens (tertiary/aromatic N) is 3. The van der Waals surface area contributed by atoms with E-state index in [-0.39, 0.29) is 24.5 Å². The number of rotatable bonds is 4. The molecule has 2 heterocycles. The SMILES string of the molecule is CCOC(=O)C[C@@H]1O[C@@H](c2cccc(C)c2C)c2cc(Cl)ccc2-n2c1nnc2C(F)(F)F. The minimum Gasteiger partial charge on any atom is -0.466 e. The monoisotopic (exact) mass is 479 g/mol. The second-order valence-corrected chi connectivity index (χ2v) is 8.16. The van der Waals surface area contributed by atoms with Crippen molar-refractivity contribution in [1.82, 2.24) is 14.8 Å². The maximum Gasteiger partial charge on any atom is 0.452 e. The number of hydrogen-bond acceptors (Lipinski definition) is 5. The first kappa shape index (κ1) is 23.3. The Morgan fingerprint density at radius 2 is 1.94 bits per heavy atom. The molecule has 0 saturated carbocycles. The van der Waals surface area contributed by atoms with Gasteiger partial charge < -0.3 is 9.47 Å². The van der Waals surface area contributed by atoms with Crippen LogP contribution in [0.5, 0.6) is 0 Å². The topological polar surface area (TPSA) is 66.2 Å². The summed E-state index contributed by atoms with van der Waals surface area (Å²) in [4.78, 5) is 12.3. The van der Waals surface area contributed by atoms with Crippen LogP contribution in [0.3, 0.4) is 0 Å². The molecule has 0 unspecified atom stereocenters. The molecule has 0 N–H and O–H groups in total. The predicted octanol–water partition coefficient (Wildman–Crippen LogP) is 5.67. The summed E-state index contributed by atoms with van der Waals surface area (Å²) >= 11 is 6.25. The molecule has 2 atom stereocenters. The number of halogens is 4. The molecule has 10 heteroatoms. The van der Waals surface area contributed by atoms with E-state index in [0.29, 0.717) is 10.6 Å². The lowest BCUT2D eigenvalue weighted by Gasteiger charge is -2.24. The van der Waals surface area contributed by atoms with E-state index in [1.807, 2.05) is 32.0 Å². The van der Waals surface area contributed by atoms with Crippen molar-refractivity contribution >= 4 is 17.6 Å². The number of alkyl halides is 3. The van der Waals surface area contributed by atoms with Crippen LogP contribution in [0.2, 0.25) is 5.02 Å². The van der Waals surface area contributed by atoms with Gasteiger partial charge in [-0.25, -0.2) is 0 Å². The second kappa shape index (κ2) is 8.79. The molecule has 0 bridgehead atoms. The number of esters is 1. The molecule has 0 amide bonds. The van der Waals surface area contributed by atoms with Gasteiger partial charge >= 0.3 is 12.1 Å². The molecule has 2 aromatic carbocycles. The van der Waals surface area contributed by atoms with Crippen molar-refractivity contribution in [2.75, 3.05) is 6.61 Å². The maximum atomic E-state index is 13.9. The third-order valence-corrected chi connectivity index (χ3v) is 5.86. The Hall–Kier alpha value is -2.91. The Morgan fingerprint density at radius 3 is 2.64 bits per heavy atom. The number of aryl methyl sites for hydroxylation is 1. The van der Waals surface area contributed by atoms with Crippen molar-refractivity contribution in [2.45, 2.75) is 45.6 Å². The minimum absolute atomic E-state index is 0.127. The molecular formula is C23H21ClF3N3O3. The molecule has 1 aromatic heterocycles. The van der Waals surface area contributed by atoms with E-state index in [9.17, 15) is 18.0 Å². The fraction of sp³-hybridized carbons (Fsp3) is 0.348. The average molecular weight is 480 g/mol. The highest BCUT2D eigenvalue weighted by atomic mass is 35.5. The number of aromatic nitrogens is 3. The highest BCUT2D eigenvalue weighted by Crippen LogP contribution is 2.44. The summed E-state index contributed by atoms with van der Waals surface area (Å²) in [6, 6.07) is 10.2. The van der Waals surface area contributed by atoms with Crippen LogP contribution in [-0.4, -0.2) is 27.3 Å². The van der Waals surface area contributed by atoms with Crippen LogP contribution >= 0.6 is 11.6 Å². The van der Waals surface area contributed by atoms with Crippen LogP contribution < -0.4 is 0 Å². The van der Waals surface area contributed by atoms with Gasteiger partial charge in [0.2, 0.25) is 5.82 Å². The van der Waals surface area contributed by atoms with Crippen molar-refractivity contribution in [2.24, 2.45) is 0 Å². The summed E-state index contributed by atoms with van der Waals surface area (Å²) in [5, 5.41) is 7.52. The number of carbonyl (C=O) groups is 1. The first-order valence-electron chi connectivity index (χ1n) is 10.3. The first-order valence-corrected chi connectivity index (χ1v) is 10.7. The third kappa shape index (κ3) is 4.35. The molecule has 0 aliphatic carbocycles. The van der Waals surface area contributed by atoms with Crippen LogP contribution in [0.4, 0.5) is 13.2 Å². The van der Waals surface area contributed by atoms with E-state index in [0.717, 1.165) is 21.3 Å². The minimum atomic E-state index is -4.78. The Balaban J connectivity index is 1.99. The molecule has 0 fully saturated rings. The quantitative estimate of drug-likeness (QED) is 0.451. The molecule has 1 aliphatic heterocycles. The van der Waals surface area contributed by atoms with E-state index < -0.39 is 30.2 Å². The fourth-order valence-corrected chi connectivity index (χ4v) is 4.15. The lowest BCUT2D eigenvalue weighted by molar-refractivity contribution is -0.147. The second-order valence-electron chi connectivity index (χ2n) is 7.72. The van der Waals surface area contributed by atoms with Crippen molar-refractivity contribution in [3.8, 4) is 5.69 Å². The highest BCUT2D eigenvalue weighted by molar-refractivity contribution is 6.30. The van der Waals surface area contributed by atoms with E-state index in [4.69, 9.17) is 21.1 Å². The molecule has 3 aromatic rings. The molecule has 33 heavy (non-hydrogen) atoms. The van der Waals surface area contributed by atoms with E-state index in [2.05, 4.69) is 10.2 Å². The zero-order valence-corrected chi connectivity index (χ0v) is 18.9. The molecule has 0 radical (unpaired) electrons. The van der Waals surface area contributed by atoms with Crippen molar-refractivity contribution in [1.29, 1.82) is 0 Å². The van der Waals surface area contributed by atoms with Gasteiger partial charge in [-0.05, 0) is 55.7 Å². The first-order chi connectivity index (χ1) is 15.6. The molecular weight excluding hydrogens is 459 g/mol. The van der Waals surface area contributed by atoms with E-state index in [1.54, 1.807) is 13.0 Å². The lowest BCUT2D eigenvalue weighted by atomic mass is 9.93. The Morgan fingerprint density at radius 1 is 1.18 bits per heavy atom. The van der Waals surface area contributed by atoms with Crippen LogP contribution in [0.15, 0.2) is 36.4 Å². The average Bonchev–Trinajstić information content (AvgIpc) is 3.14. The Labute approximate surface area is 193 Å². The van der Waals surface area contributed by atoms with Gasteiger partial charge in [-0.2, -0.15) is 13.2 Å². The smallest absolute Gasteiger partial charge is 0.452 e. The number of ether oxygens (including phenoxy) is 2. The van der Waals surface area contributed by atoms with E-state index >= 15 is 0 Å². The number of benzene rings is 2. The molecule has 4 rings (SSSR count). The van der Waals surface area contributed by atoms with Gasteiger partial charge in [0.1, 0.15) is 12.2 Å². The van der Waals surface area contributed by atoms with Gasteiger partial charge in [-0.15, -0.1) is 10.2 Å². The van der Waals surface area contributed by atoms with Crippen molar-refractivity contribution in [3.05, 3.63) is 75.3 Å². The van der Waals surface area contributed by atoms with Gasteiger partial charge in [0.15, 0.2) is 5.82 Å². The normalized spacial score (nSPS) is 17.8. The largest absolute Gasteiger partial charge is 0.466 e. The summed E-state index contributed by atoms with van der Waals surface area (Å²) in [5.74, 6) is -1.96. The molecule has 174 valence electrons. The molecule has 1 aliphatic rings. The van der Waals surface area contributed by atoms with Crippen LogP contribution in [0.1, 0.15) is 59.5 Å². The van der Waals surface area contributed by atoms with Crippen LogP contribution in [0, 0.1) is 13.8 Å².